The van der Waals surface area contributed by atoms with Crippen LogP contribution < -0.4 is 5.32 Å². The molecule has 0 spiro atoms. The monoisotopic (exact) mass is 305 g/mol. The average molecular weight is 305 g/mol. The Kier molecular flexibility index (Phi) is 2.91. The summed E-state index contributed by atoms with van der Waals surface area (Å²) in [6.45, 7) is 6.07. The van der Waals surface area contributed by atoms with Crippen LogP contribution in [0.5, 0.6) is 0 Å². The molecule has 0 radical (unpaired) electrons. The summed E-state index contributed by atoms with van der Waals surface area (Å²) in [7, 11) is 0. The van der Waals surface area contributed by atoms with Gasteiger partial charge in [0, 0.05) is 12.0 Å². The van der Waals surface area contributed by atoms with Crippen molar-refractivity contribution in [3.63, 3.8) is 0 Å². The Morgan fingerprint density at radius 2 is 1.95 bits per heavy atom. The Balaban J connectivity index is 1.50. The number of fused-ring (bicyclic) bond motifs is 8. The van der Waals surface area contributed by atoms with Crippen molar-refractivity contribution in [3.05, 3.63) is 0 Å². The summed E-state index contributed by atoms with van der Waals surface area (Å²) in [5.74, 6) is 3.26. The lowest BCUT2D eigenvalue weighted by Crippen LogP contribution is -2.58. The first-order chi connectivity index (χ1) is 10.5. The molecule has 2 N–H and O–H groups in total. The van der Waals surface area contributed by atoms with Crippen LogP contribution in [0.15, 0.2) is 0 Å². The Morgan fingerprint density at radius 1 is 1.09 bits per heavy atom. The molecule has 0 aromatic rings. The SMILES string of the molecule is C[C@]12CC[C@H]3[C@@H](CC[C@@H]4C[C@H]5NC[C@H](O5)[C@@]43C)[C@@H]1C[C@H](O)C2. The van der Waals surface area contributed by atoms with Gasteiger partial charge in [0.2, 0.25) is 0 Å². The minimum absolute atomic E-state index is 0.0422. The number of aliphatic hydroxyl groups excluding tert-OH is 1. The van der Waals surface area contributed by atoms with Crippen LogP contribution in [-0.4, -0.2) is 30.1 Å². The second-order valence-electron chi connectivity index (χ2n) is 9.56. The fourth-order valence-electron chi connectivity index (χ4n) is 7.66. The lowest BCUT2D eigenvalue weighted by molar-refractivity contribution is -0.190. The van der Waals surface area contributed by atoms with Gasteiger partial charge in [-0.05, 0) is 74.0 Å². The van der Waals surface area contributed by atoms with Gasteiger partial charge in [0.15, 0.2) is 0 Å². The van der Waals surface area contributed by atoms with E-state index in [1.165, 1.54) is 32.1 Å². The van der Waals surface area contributed by atoms with E-state index >= 15 is 0 Å². The molecule has 124 valence electrons. The summed E-state index contributed by atoms with van der Waals surface area (Å²) in [6.07, 6.45) is 9.52. The van der Waals surface area contributed by atoms with Crippen molar-refractivity contribution in [1.82, 2.24) is 5.32 Å². The van der Waals surface area contributed by atoms with Crippen LogP contribution in [0, 0.1) is 34.5 Å². The fraction of sp³-hybridized carbons (Fsp3) is 1.00. The molecule has 0 unspecified atom stereocenters. The highest BCUT2D eigenvalue weighted by molar-refractivity contribution is 5.12. The molecule has 0 amide bonds. The number of hydrogen-bond acceptors (Lipinski definition) is 3. The molecule has 2 heterocycles. The van der Waals surface area contributed by atoms with Crippen LogP contribution in [0.3, 0.4) is 0 Å². The van der Waals surface area contributed by atoms with Gasteiger partial charge in [-0.3, -0.25) is 5.32 Å². The topological polar surface area (TPSA) is 41.5 Å². The number of hydrogen-bond donors (Lipinski definition) is 2. The second-order valence-corrected chi connectivity index (χ2v) is 9.56. The van der Waals surface area contributed by atoms with Crippen molar-refractivity contribution in [2.45, 2.75) is 77.2 Å². The summed E-state index contributed by atoms with van der Waals surface area (Å²) in [5, 5.41) is 13.9. The average Bonchev–Trinajstić information content (AvgIpc) is 3.02. The Labute approximate surface area is 134 Å². The molecule has 22 heavy (non-hydrogen) atoms. The molecule has 3 heteroatoms. The number of rotatable bonds is 0. The lowest BCUT2D eigenvalue weighted by atomic mass is 9.46. The standard InChI is InChI=1S/C19H31NO2/c1-18-6-5-14-13(15(18)8-12(21)9-18)4-3-11-7-17-20-10-16(22-17)19(11,14)2/h11-17,20-21H,3-10H2,1-2H3/t11-,12+,13-,14+,15+,16+,17+,18-,19+/m1/s1. The van der Waals surface area contributed by atoms with E-state index in [1.807, 2.05) is 0 Å². The van der Waals surface area contributed by atoms with Crippen LogP contribution in [0.25, 0.3) is 0 Å². The summed E-state index contributed by atoms with van der Waals surface area (Å²) in [4.78, 5) is 0. The molecule has 2 aliphatic heterocycles. The van der Waals surface area contributed by atoms with Gasteiger partial charge < -0.3 is 9.84 Å². The molecular formula is C19H31NO2. The van der Waals surface area contributed by atoms with E-state index in [-0.39, 0.29) is 6.10 Å². The van der Waals surface area contributed by atoms with Crippen LogP contribution in [0.2, 0.25) is 0 Å². The van der Waals surface area contributed by atoms with Crippen LogP contribution in [-0.2, 0) is 4.74 Å². The van der Waals surface area contributed by atoms with Crippen LogP contribution in [0.1, 0.15) is 58.8 Å². The highest BCUT2D eigenvalue weighted by atomic mass is 16.5. The maximum Gasteiger partial charge on any atom is 0.108 e. The first-order valence-electron chi connectivity index (χ1n) is 9.57. The zero-order chi connectivity index (χ0) is 15.1. The van der Waals surface area contributed by atoms with Crippen molar-refractivity contribution in [1.29, 1.82) is 0 Å². The van der Waals surface area contributed by atoms with Gasteiger partial charge in [0.25, 0.3) is 0 Å². The van der Waals surface area contributed by atoms with Gasteiger partial charge in [-0.25, -0.2) is 0 Å². The van der Waals surface area contributed by atoms with Gasteiger partial charge in [-0.2, -0.15) is 0 Å². The maximum absolute atomic E-state index is 10.3. The molecule has 9 atom stereocenters. The van der Waals surface area contributed by atoms with Crippen molar-refractivity contribution in [2.24, 2.45) is 34.5 Å². The third kappa shape index (κ3) is 1.68. The molecule has 0 aromatic carbocycles. The predicted molar refractivity (Wildman–Crippen MR) is 85.2 cm³/mol. The third-order valence-electron chi connectivity index (χ3n) is 8.76. The minimum Gasteiger partial charge on any atom is -0.393 e. The largest absolute Gasteiger partial charge is 0.393 e. The molecule has 3 saturated carbocycles. The van der Waals surface area contributed by atoms with Crippen molar-refractivity contribution >= 4 is 0 Å². The number of aliphatic hydroxyl groups is 1. The van der Waals surface area contributed by atoms with Gasteiger partial charge in [0.05, 0.1) is 12.2 Å². The Hall–Kier alpha value is -0.120. The summed E-state index contributed by atoms with van der Waals surface area (Å²) in [6, 6.07) is 0. The maximum atomic E-state index is 10.3. The molecule has 3 nitrogen and oxygen atoms in total. The summed E-state index contributed by atoms with van der Waals surface area (Å²) < 4.78 is 6.32. The zero-order valence-electron chi connectivity index (χ0n) is 14.1. The zero-order valence-corrected chi connectivity index (χ0v) is 14.1. The molecule has 5 rings (SSSR count). The minimum atomic E-state index is -0.0422. The lowest BCUT2D eigenvalue weighted by Gasteiger charge is -2.61. The van der Waals surface area contributed by atoms with Gasteiger partial charge in [-0.15, -0.1) is 0 Å². The highest BCUT2D eigenvalue weighted by Gasteiger charge is 2.63. The van der Waals surface area contributed by atoms with Crippen LogP contribution >= 0.6 is 0 Å². The van der Waals surface area contributed by atoms with Gasteiger partial charge in [0.1, 0.15) is 6.23 Å². The van der Waals surface area contributed by atoms with Gasteiger partial charge >= 0.3 is 0 Å². The van der Waals surface area contributed by atoms with E-state index in [0.29, 0.717) is 23.2 Å². The smallest absolute Gasteiger partial charge is 0.108 e. The second kappa shape index (κ2) is 4.49. The third-order valence-corrected chi connectivity index (χ3v) is 8.76. The number of nitrogens with one attached hydrogen (secondary N) is 1. The van der Waals surface area contributed by atoms with E-state index in [1.54, 1.807) is 0 Å². The molecule has 2 saturated heterocycles. The normalized spacial score (nSPS) is 63.1. The fourth-order valence-corrected chi connectivity index (χ4v) is 7.66. The molecule has 0 aromatic heterocycles. The molecular weight excluding hydrogens is 274 g/mol. The molecule has 3 aliphatic carbocycles. The van der Waals surface area contributed by atoms with Crippen LogP contribution in [0.4, 0.5) is 0 Å². The van der Waals surface area contributed by atoms with Crippen molar-refractivity contribution in [3.8, 4) is 0 Å². The first-order valence-corrected chi connectivity index (χ1v) is 9.57. The summed E-state index contributed by atoms with van der Waals surface area (Å²) >= 11 is 0. The van der Waals surface area contributed by atoms with E-state index in [4.69, 9.17) is 4.74 Å². The molecule has 2 bridgehead atoms. The van der Waals surface area contributed by atoms with E-state index < -0.39 is 0 Å². The molecule has 5 fully saturated rings. The van der Waals surface area contributed by atoms with E-state index in [0.717, 1.165) is 43.1 Å². The Bertz CT molecular complexity index is 482. The molecule has 5 aliphatic rings. The van der Waals surface area contributed by atoms with E-state index in [9.17, 15) is 5.11 Å². The van der Waals surface area contributed by atoms with Gasteiger partial charge in [-0.1, -0.05) is 13.8 Å². The first kappa shape index (κ1) is 14.2. The van der Waals surface area contributed by atoms with Crippen molar-refractivity contribution < 1.29 is 9.84 Å². The quantitative estimate of drug-likeness (QED) is 0.723. The van der Waals surface area contributed by atoms with E-state index in [2.05, 4.69) is 19.2 Å². The Morgan fingerprint density at radius 3 is 2.82 bits per heavy atom. The highest BCUT2D eigenvalue weighted by Crippen LogP contribution is 2.66. The summed E-state index contributed by atoms with van der Waals surface area (Å²) in [5.41, 5.74) is 0.785. The number of ether oxygens (including phenoxy) is 1. The predicted octanol–water partition coefficient (Wildman–Crippen LogP) is 2.92. The van der Waals surface area contributed by atoms with Crippen molar-refractivity contribution in [2.75, 3.05) is 6.54 Å².